The number of hydrogen-bond donors (Lipinski definition) is 2. The van der Waals surface area contributed by atoms with Crippen LogP contribution >= 0.6 is 22.9 Å². The van der Waals surface area contributed by atoms with Gasteiger partial charge in [-0.05, 0) is 23.6 Å². The molecule has 0 unspecified atom stereocenters. The molecule has 4 heteroatoms. The molecule has 0 spiro atoms. The van der Waals surface area contributed by atoms with Crippen LogP contribution in [0.25, 0.3) is 11.1 Å². The third kappa shape index (κ3) is 1.56. The Kier molecular flexibility index (Phi) is 2.35. The first kappa shape index (κ1) is 9.37. The van der Waals surface area contributed by atoms with Crippen molar-refractivity contribution in [2.45, 2.75) is 0 Å². The number of phenolic OH excluding ortho intramolecular Hbond substituents is 2. The number of rotatable bonds is 1. The Bertz CT molecular complexity index is 465. The molecule has 0 bridgehead atoms. The van der Waals surface area contributed by atoms with Crippen molar-refractivity contribution in [3.8, 4) is 22.6 Å². The molecule has 14 heavy (non-hydrogen) atoms. The maximum absolute atomic E-state index is 9.57. The van der Waals surface area contributed by atoms with E-state index in [1.807, 2.05) is 11.4 Å². The molecule has 2 nitrogen and oxygen atoms in total. The fourth-order valence-electron chi connectivity index (χ4n) is 1.23. The fourth-order valence-corrected chi connectivity index (χ4v) is 2.18. The van der Waals surface area contributed by atoms with Crippen LogP contribution < -0.4 is 0 Å². The van der Waals surface area contributed by atoms with Crippen LogP contribution in [0.3, 0.4) is 0 Å². The lowest BCUT2D eigenvalue weighted by molar-refractivity contribution is 0.452. The maximum Gasteiger partial charge on any atom is 0.127 e. The average Bonchev–Trinajstić information content (AvgIpc) is 2.52. The summed E-state index contributed by atoms with van der Waals surface area (Å²) in [6.07, 6.45) is 0. The summed E-state index contributed by atoms with van der Waals surface area (Å²) in [5.41, 5.74) is 1.42. The molecule has 0 aliphatic carbocycles. The molecule has 0 aliphatic rings. The van der Waals surface area contributed by atoms with Gasteiger partial charge in [0.15, 0.2) is 0 Å². The van der Waals surface area contributed by atoms with E-state index in [0.717, 1.165) is 5.56 Å². The Morgan fingerprint density at radius 2 is 1.86 bits per heavy atom. The predicted molar refractivity (Wildman–Crippen MR) is 58.1 cm³/mol. The lowest BCUT2D eigenvalue weighted by atomic mass is 10.1. The molecule has 0 atom stereocenters. The molecular formula is C10H7ClO2S. The first-order chi connectivity index (χ1) is 6.68. The van der Waals surface area contributed by atoms with Crippen LogP contribution in [0.4, 0.5) is 0 Å². The summed E-state index contributed by atoms with van der Waals surface area (Å²) >= 11 is 7.33. The molecule has 0 radical (unpaired) electrons. The summed E-state index contributed by atoms with van der Waals surface area (Å²) in [5.74, 6) is 0.0721. The first-order valence-corrected chi connectivity index (χ1v) is 5.19. The van der Waals surface area contributed by atoms with Crippen molar-refractivity contribution in [1.82, 2.24) is 0 Å². The van der Waals surface area contributed by atoms with Gasteiger partial charge >= 0.3 is 0 Å². The zero-order valence-electron chi connectivity index (χ0n) is 7.07. The van der Waals surface area contributed by atoms with E-state index >= 15 is 0 Å². The van der Waals surface area contributed by atoms with Crippen molar-refractivity contribution in [3.63, 3.8) is 0 Å². The molecule has 1 heterocycles. The van der Waals surface area contributed by atoms with E-state index in [2.05, 4.69) is 0 Å². The molecule has 1 aromatic heterocycles. The van der Waals surface area contributed by atoms with Crippen molar-refractivity contribution in [2.24, 2.45) is 0 Å². The number of phenols is 2. The second kappa shape index (κ2) is 3.52. The van der Waals surface area contributed by atoms with Crippen molar-refractivity contribution in [3.05, 3.63) is 34.0 Å². The number of benzene rings is 1. The highest BCUT2D eigenvalue weighted by Crippen LogP contribution is 2.38. The van der Waals surface area contributed by atoms with E-state index in [9.17, 15) is 5.11 Å². The van der Waals surface area contributed by atoms with Gasteiger partial charge in [0.25, 0.3) is 0 Å². The molecule has 1 aromatic carbocycles. The zero-order valence-corrected chi connectivity index (χ0v) is 8.64. The summed E-state index contributed by atoms with van der Waals surface area (Å²) in [6, 6.07) is 6.28. The van der Waals surface area contributed by atoms with E-state index in [4.69, 9.17) is 16.7 Å². The molecule has 72 valence electrons. The van der Waals surface area contributed by atoms with Gasteiger partial charge in [-0.2, -0.15) is 0 Å². The Morgan fingerprint density at radius 1 is 1.07 bits per heavy atom. The van der Waals surface area contributed by atoms with Gasteiger partial charge in [0, 0.05) is 17.2 Å². The standard InChI is InChI=1S/C10H7ClO2S/c11-10-8(3-4-14-10)7-2-1-6(12)5-9(7)13/h1-5,12-13H. The van der Waals surface area contributed by atoms with Gasteiger partial charge in [-0.15, -0.1) is 11.3 Å². The molecule has 2 aromatic rings. The van der Waals surface area contributed by atoms with Gasteiger partial charge in [-0.25, -0.2) is 0 Å². The summed E-state index contributed by atoms with van der Waals surface area (Å²) in [7, 11) is 0. The van der Waals surface area contributed by atoms with E-state index < -0.39 is 0 Å². The average molecular weight is 227 g/mol. The quantitative estimate of drug-likeness (QED) is 0.782. The second-order valence-electron chi connectivity index (χ2n) is 2.81. The Morgan fingerprint density at radius 3 is 2.43 bits per heavy atom. The van der Waals surface area contributed by atoms with Gasteiger partial charge in [0.2, 0.25) is 0 Å². The minimum Gasteiger partial charge on any atom is -0.508 e. The highest BCUT2D eigenvalue weighted by atomic mass is 35.5. The van der Waals surface area contributed by atoms with Gasteiger partial charge in [-0.3, -0.25) is 0 Å². The monoisotopic (exact) mass is 226 g/mol. The molecule has 2 rings (SSSR count). The van der Waals surface area contributed by atoms with E-state index in [0.29, 0.717) is 9.90 Å². The van der Waals surface area contributed by atoms with Gasteiger partial charge in [0.1, 0.15) is 15.8 Å². The third-order valence-corrected chi connectivity index (χ3v) is 3.06. The van der Waals surface area contributed by atoms with E-state index in [-0.39, 0.29) is 11.5 Å². The summed E-state index contributed by atoms with van der Waals surface area (Å²) < 4.78 is 0.631. The van der Waals surface area contributed by atoms with Crippen molar-refractivity contribution < 1.29 is 10.2 Å². The number of halogens is 1. The molecule has 0 fully saturated rings. The van der Waals surface area contributed by atoms with Crippen LogP contribution in [0.5, 0.6) is 11.5 Å². The molecule has 0 saturated carbocycles. The Hall–Kier alpha value is -1.19. The summed E-state index contributed by atoms with van der Waals surface area (Å²) in [6.45, 7) is 0. The number of thiophene rings is 1. The smallest absolute Gasteiger partial charge is 0.127 e. The highest BCUT2D eigenvalue weighted by molar-refractivity contribution is 7.15. The van der Waals surface area contributed by atoms with Crippen molar-refractivity contribution >= 4 is 22.9 Å². The number of aromatic hydroxyl groups is 2. The lowest BCUT2D eigenvalue weighted by Gasteiger charge is -2.03. The fraction of sp³-hybridized carbons (Fsp3) is 0. The minimum atomic E-state index is 0.0327. The summed E-state index contributed by atoms with van der Waals surface area (Å²) in [5, 5.41) is 20.5. The highest BCUT2D eigenvalue weighted by Gasteiger charge is 2.09. The van der Waals surface area contributed by atoms with Crippen molar-refractivity contribution in [2.75, 3.05) is 0 Å². The summed E-state index contributed by atoms with van der Waals surface area (Å²) in [4.78, 5) is 0. The Balaban J connectivity index is 2.58. The van der Waals surface area contributed by atoms with Crippen LogP contribution in [0.2, 0.25) is 4.34 Å². The molecule has 0 amide bonds. The molecular weight excluding hydrogens is 220 g/mol. The van der Waals surface area contributed by atoms with Crippen LogP contribution in [0.15, 0.2) is 29.6 Å². The van der Waals surface area contributed by atoms with Crippen LogP contribution in [-0.2, 0) is 0 Å². The van der Waals surface area contributed by atoms with Gasteiger partial charge in [0.05, 0.1) is 0 Å². The van der Waals surface area contributed by atoms with Crippen LogP contribution in [0.1, 0.15) is 0 Å². The van der Waals surface area contributed by atoms with Crippen LogP contribution in [-0.4, -0.2) is 10.2 Å². The Labute approximate surface area is 90.0 Å². The zero-order chi connectivity index (χ0) is 10.1. The maximum atomic E-state index is 9.57. The van der Waals surface area contributed by atoms with E-state index in [1.165, 1.54) is 23.5 Å². The largest absolute Gasteiger partial charge is 0.508 e. The molecule has 2 N–H and O–H groups in total. The normalized spacial score (nSPS) is 10.4. The van der Waals surface area contributed by atoms with Gasteiger partial charge < -0.3 is 10.2 Å². The second-order valence-corrected chi connectivity index (χ2v) is 4.33. The third-order valence-electron chi connectivity index (χ3n) is 1.89. The lowest BCUT2D eigenvalue weighted by Crippen LogP contribution is -1.76. The SMILES string of the molecule is Oc1ccc(-c2ccsc2Cl)c(O)c1. The topological polar surface area (TPSA) is 40.5 Å². The molecule has 0 saturated heterocycles. The van der Waals surface area contributed by atoms with Crippen molar-refractivity contribution in [1.29, 1.82) is 0 Å². The molecule has 0 aliphatic heterocycles. The van der Waals surface area contributed by atoms with E-state index in [1.54, 1.807) is 6.07 Å². The number of hydrogen-bond acceptors (Lipinski definition) is 3. The van der Waals surface area contributed by atoms with Crippen LogP contribution in [0, 0.1) is 0 Å². The minimum absolute atomic E-state index is 0.0327. The van der Waals surface area contributed by atoms with Gasteiger partial charge in [-0.1, -0.05) is 11.6 Å². The first-order valence-electron chi connectivity index (χ1n) is 3.94. The predicted octanol–water partition coefficient (Wildman–Crippen LogP) is 3.48.